The largest absolute Gasteiger partial charge is 0.313 e. The molecule has 0 unspecified atom stereocenters. The number of nitrogens with zero attached hydrogens (tertiary/aromatic N) is 2. The zero-order chi connectivity index (χ0) is 16.7. The Labute approximate surface area is 142 Å². The van der Waals surface area contributed by atoms with E-state index in [1.54, 1.807) is 4.68 Å². The molecule has 2 saturated carbocycles. The average molecular weight is 324 g/mol. The van der Waals surface area contributed by atoms with E-state index in [2.05, 4.69) is 27.9 Å². The summed E-state index contributed by atoms with van der Waals surface area (Å²) in [6.07, 6.45) is 4.00. The Bertz CT molecular complexity index is 726. The van der Waals surface area contributed by atoms with Crippen LogP contribution in [0.4, 0.5) is 5.82 Å². The Morgan fingerprint density at radius 1 is 1.29 bits per heavy atom. The summed E-state index contributed by atoms with van der Waals surface area (Å²) in [4.78, 5) is 12.3. The molecule has 1 aromatic heterocycles. The summed E-state index contributed by atoms with van der Waals surface area (Å²) in [5.74, 6) is 2.02. The van der Waals surface area contributed by atoms with E-state index in [1.165, 1.54) is 31.4 Å². The molecular weight excluding hydrogens is 300 g/mol. The Kier molecular flexibility index (Phi) is 3.88. The van der Waals surface area contributed by atoms with Gasteiger partial charge in [0.25, 0.3) is 5.91 Å². The van der Waals surface area contributed by atoms with Crippen molar-refractivity contribution in [3.8, 4) is 0 Å². The number of anilines is 1. The Hall–Kier alpha value is -2.14. The predicted molar refractivity (Wildman–Crippen MR) is 94.2 cm³/mol. The van der Waals surface area contributed by atoms with Crippen LogP contribution < -0.4 is 10.6 Å². The molecule has 2 aliphatic carbocycles. The number of rotatable bonds is 6. The van der Waals surface area contributed by atoms with Gasteiger partial charge < -0.3 is 10.6 Å². The number of carbonyl (C=O) groups is 1. The standard InChI is InChI=1S/C19H24N4O/c1-12-9-18(22-23(12)2)21-19(24)15-7-5-14(6-8-15)16-10-17(16)20-11-13-3-4-13/h5-9,13,16-17,20H,3-4,10-11H2,1-2H3,(H,21,22,24)/t16-,17+/m0/s1. The van der Waals surface area contributed by atoms with Crippen molar-refractivity contribution in [2.45, 2.75) is 38.1 Å². The molecule has 0 bridgehead atoms. The topological polar surface area (TPSA) is 59.0 Å². The van der Waals surface area contributed by atoms with Crippen LogP contribution in [0.5, 0.6) is 0 Å². The Balaban J connectivity index is 1.34. The van der Waals surface area contributed by atoms with Gasteiger partial charge in [0.2, 0.25) is 0 Å². The maximum Gasteiger partial charge on any atom is 0.256 e. The summed E-state index contributed by atoms with van der Waals surface area (Å²) >= 11 is 0. The first-order chi connectivity index (χ1) is 11.6. The van der Waals surface area contributed by atoms with Gasteiger partial charge in [0.15, 0.2) is 5.82 Å². The molecule has 24 heavy (non-hydrogen) atoms. The van der Waals surface area contributed by atoms with Crippen LogP contribution in [0.15, 0.2) is 30.3 Å². The van der Waals surface area contributed by atoms with Gasteiger partial charge >= 0.3 is 0 Å². The van der Waals surface area contributed by atoms with Gasteiger partial charge in [0.1, 0.15) is 0 Å². The minimum Gasteiger partial charge on any atom is -0.313 e. The summed E-state index contributed by atoms with van der Waals surface area (Å²) in [6.45, 7) is 3.13. The first kappa shape index (κ1) is 15.4. The molecule has 4 rings (SSSR count). The number of benzene rings is 1. The van der Waals surface area contributed by atoms with Gasteiger partial charge in [0, 0.05) is 36.3 Å². The highest BCUT2D eigenvalue weighted by Gasteiger charge is 2.38. The minimum atomic E-state index is -0.112. The zero-order valence-corrected chi connectivity index (χ0v) is 14.2. The van der Waals surface area contributed by atoms with Crippen LogP contribution in [-0.4, -0.2) is 28.3 Å². The average Bonchev–Trinajstić information content (AvgIpc) is 3.47. The molecule has 2 atom stereocenters. The number of carbonyl (C=O) groups excluding carboxylic acids is 1. The molecule has 2 fully saturated rings. The Morgan fingerprint density at radius 2 is 2.04 bits per heavy atom. The highest BCUT2D eigenvalue weighted by atomic mass is 16.1. The number of aryl methyl sites for hydroxylation is 2. The van der Waals surface area contributed by atoms with Crippen molar-refractivity contribution in [1.29, 1.82) is 0 Å². The van der Waals surface area contributed by atoms with Gasteiger partial charge in [-0.3, -0.25) is 9.48 Å². The molecule has 2 aliphatic rings. The molecule has 1 heterocycles. The number of amides is 1. The van der Waals surface area contributed by atoms with Crippen LogP contribution in [0.25, 0.3) is 0 Å². The van der Waals surface area contributed by atoms with E-state index in [0.29, 0.717) is 23.3 Å². The van der Waals surface area contributed by atoms with E-state index in [4.69, 9.17) is 0 Å². The van der Waals surface area contributed by atoms with Crippen LogP contribution in [0.3, 0.4) is 0 Å². The van der Waals surface area contributed by atoms with Crippen LogP contribution in [0.1, 0.15) is 46.8 Å². The third-order valence-electron chi connectivity index (χ3n) is 5.11. The summed E-state index contributed by atoms with van der Waals surface area (Å²) < 4.78 is 1.75. The fourth-order valence-corrected chi connectivity index (χ4v) is 3.12. The number of hydrogen-bond acceptors (Lipinski definition) is 3. The molecule has 0 radical (unpaired) electrons. The van der Waals surface area contributed by atoms with E-state index in [0.717, 1.165) is 11.6 Å². The van der Waals surface area contributed by atoms with Crippen LogP contribution in [-0.2, 0) is 7.05 Å². The third kappa shape index (κ3) is 3.36. The summed E-state index contributed by atoms with van der Waals surface area (Å²) in [5.41, 5.74) is 3.01. The lowest BCUT2D eigenvalue weighted by Gasteiger charge is -2.05. The van der Waals surface area contributed by atoms with Crippen molar-refractivity contribution in [2.75, 3.05) is 11.9 Å². The molecule has 126 valence electrons. The normalized spacial score (nSPS) is 22.4. The second kappa shape index (κ2) is 6.06. The smallest absolute Gasteiger partial charge is 0.256 e. The SMILES string of the molecule is Cc1cc(NC(=O)c2ccc([C@@H]3C[C@H]3NCC3CC3)cc2)nn1C. The van der Waals surface area contributed by atoms with Crippen molar-refractivity contribution < 1.29 is 4.79 Å². The van der Waals surface area contributed by atoms with Gasteiger partial charge in [-0.05, 0) is 56.3 Å². The lowest BCUT2D eigenvalue weighted by atomic mass is 10.1. The van der Waals surface area contributed by atoms with Gasteiger partial charge in [-0.2, -0.15) is 5.10 Å². The fourth-order valence-electron chi connectivity index (χ4n) is 3.12. The summed E-state index contributed by atoms with van der Waals surface area (Å²) in [7, 11) is 1.86. The monoisotopic (exact) mass is 324 g/mol. The first-order valence-corrected chi connectivity index (χ1v) is 8.75. The van der Waals surface area contributed by atoms with E-state index >= 15 is 0 Å². The lowest BCUT2D eigenvalue weighted by Crippen LogP contribution is -2.20. The second-order valence-electron chi connectivity index (χ2n) is 7.17. The zero-order valence-electron chi connectivity index (χ0n) is 14.2. The van der Waals surface area contributed by atoms with Crippen LogP contribution in [0.2, 0.25) is 0 Å². The van der Waals surface area contributed by atoms with E-state index in [1.807, 2.05) is 32.2 Å². The maximum absolute atomic E-state index is 12.3. The predicted octanol–water partition coefficient (Wildman–Crippen LogP) is 2.84. The van der Waals surface area contributed by atoms with Gasteiger partial charge in [0.05, 0.1) is 0 Å². The van der Waals surface area contributed by atoms with Crippen LogP contribution >= 0.6 is 0 Å². The quantitative estimate of drug-likeness (QED) is 0.859. The minimum absolute atomic E-state index is 0.112. The molecule has 1 amide bonds. The maximum atomic E-state index is 12.3. The van der Waals surface area contributed by atoms with Crippen molar-refractivity contribution in [3.05, 3.63) is 47.2 Å². The highest BCUT2D eigenvalue weighted by Crippen LogP contribution is 2.41. The van der Waals surface area contributed by atoms with Gasteiger partial charge in [-0.25, -0.2) is 0 Å². The van der Waals surface area contributed by atoms with E-state index in [9.17, 15) is 4.79 Å². The molecule has 0 aliphatic heterocycles. The Morgan fingerprint density at radius 3 is 2.67 bits per heavy atom. The summed E-state index contributed by atoms with van der Waals surface area (Å²) in [6, 6.07) is 10.5. The number of nitrogens with one attached hydrogen (secondary N) is 2. The molecule has 1 aromatic carbocycles. The first-order valence-electron chi connectivity index (χ1n) is 8.75. The molecular formula is C19H24N4O. The molecule has 5 heteroatoms. The molecule has 0 spiro atoms. The van der Waals surface area contributed by atoms with Crippen molar-refractivity contribution in [2.24, 2.45) is 13.0 Å². The van der Waals surface area contributed by atoms with Crippen molar-refractivity contribution >= 4 is 11.7 Å². The summed E-state index contributed by atoms with van der Waals surface area (Å²) in [5, 5.41) is 10.8. The van der Waals surface area contributed by atoms with Crippen molar-refractivity contribution in [1.82, 2.24) is 15.1 Å². The van der Waals surface area contributed by atoms with E-state index < -0.39 is 0 Å². The van der Waals surface area contributed by atoms with Gasteiger partial charge in [-0.1, -0.05) is 12.1 Å². The number of hydrogen-bond donors (Lipinski definition) is 2. The lowest BCUT2D eigenvalue weighted by molar-refractivity contribution is 0.102. The van der Waals surface area contributed by atoms with Crippen molar-refractivity contribution in [3.63, 3.8) is 0 Å². The molecule has 0 saturated heterocycles. The van der Waals surface area contributed by atoms with Crippen LogP contribution in [0, 0.1) is 12.8 Å². The molecule has 2 N–H and O–H groups in total. The second-order valence-corrected chi connectivity index (χ2v) is 7.17. The number of aromatic nitrogens is 2. The highest BCUT2D eigenvalue weighted by molar-refractivity contribution is 6.03. The third-order valence-corrected chi connectivity index (χ3v) is 5.11. The molecule has 5 nitrogen and oxygen atoms in total. The fraction of sp³-hybridized carbons (Fsp3) is 0.474. The van der Waals surface area contributed by atoms with E-state index in [-0.39, 0.29) is 5.91 Å². The molecule has 2 aromatic rings. The van der Waals surface area contributed by atoms with Gasteiger partial charge in [-0.15, -0.1) is 0 Å².